The van der Waals surface area contributed by atoms with Crippen molar-refractivity contribution in [2.45, 2.75) is 30.9 Å². The van der Waals surface area contributed by atoms with Gasteiger partial charge in [0.2, 0.25) is 0 Å². The molecule has 3 rings (SSSR count). The number of likely N-dealkylation sites (tertiary alicyclic amines) is 1. The van der Waals surface area contributed by atoms with Crippen LogP contribution in [0, 0.1) is 11.6 Å². The van der Waals surface area contributed by atoms with Gasteiger partial charge in [0.1, 0.15) is 24.0 Å². The highest BCUT2D eigenvalue weighted by Gasteiger charge is 2.45. The van der Waals surface area contributed by atoms with Crippen molar-refractivity contribution in [1.82, 2.24) is 4.90 Å². The van der Waals surface area contributed by atoms with Crippen molar-refractivity contribution in [3.8, 4) is 5.75 Å². The van der Waals surface area contributed by atoms with Crippen LogP contribution in [0.25, 0.3) is 0 Å². The average Bonchev–Trinajstić information content (AvgIpc) is 2.88. The Labute approximate surface area is 163 Å². The molecule has 1 aliphatic heterocycles. The van der Waals surface area contributed by atoms with E-state index in [9.17, 15) is 22.4 Å². The molecule has 1 heterocycles. The number of benzene rings is 2. The topological polar surface area (TPSA) is 55.6 Å². The van der Waals surface area contributed by atoms with Gasteiger partial charge >= 0.3 is 0 Å². The Hall–Kier alpha value is -2.26. The van der Waals surface area contributed by atoms with Gasteiger partial charge in [-0.1, -0.05) is 18.2 Å². The fourth-order valence-corrected chi connectivity index (χ4v) is 3.91. The Bertz CT molecular complexity index is 866. The summed E-state index contributed by atoms with van der Waals surface area (Å²) in [6.07, 6.45) is -0.517. The zero-order chi connectivity index (χ0) is 20.3. The summed E-state index contributed by atoms with van der Waals surface area (Å²) < 4.78 is 60.5. The van der Waals surface area contributed by atoms with E-state index < -0.39 is 41.1 Å². The van der Waals surface area contributed by atoms with Crippen molar-refractivity contribution in [3.63, 3.8) is 0 Å². The molecule has 1 amide bonds. The van der Waals surface area contributed by atoms with Crippen LogP contribution in [0.1, 0.15) is 17.5 Å². The first-order chi connectivity index (χ1) is 13.2. The second kappa shape index (κ2) is 8.40. The number of thioether (sulfide) groups is 1. The largest absolute Gasteiger partial charge is 0.489 e. The van der Waals surface area contributed by atoms with E-state index in [0.717, 1.165) is 6.07 Å². The highest BCUT2D eigenvalue weighted by molar-refractivity contribution is 8.14. The maximum absolute atomic E-state index is 14.4. The average molecular weight is 414 g/mol. The number of nitrogens with two attached hydrogens (primary N) is 1. The maximum atomic E-state index is 14.4. The lowest BCUT2D eigenvalue weighted by molar-refractivity contribution is 0.0113. The molecular formula is C19H18F4N2O2S. The molecule has 0 saturated carbocycles. The third-order valence-electron chi connectivity index (χ3n) is 4.26. The van der Waals surface area contributed by atoms with E-state index in [1.165, 1.54) is 29.2 Å². The van der Waals surface area contributed by atoms with E-state index in [2.05, 4.69) is 0 Å². The summed E-state index contributed by atoms with van der Waals surface area (Å²) in [6.45, 7) is -0.599. The fourth-order valence-electron chi connectivity index (χ4n) is 3.01. The van der Waals surface area contributed by atoms with E-state index in [0.29, 0.717) is 17.3 Å². The summed E-state index contributed by atoms with van der Waals surface area (Å²) in [7, 11) is 0. The first kappa shape index (κ1) is 20.5. The molecule has 1 atom stereocenters. The van der Waals surface area contributed by atoms with Gasteiger partial charge in [-0.3, -0.25) is 9.69 Å². The van der Waals surface area contributed by atoms with Crippen molar-refractivity contribution < 1.29 is 27.1 Å². The monoisotopic (exact) mass is 414 g/mol. The zero-order valence-corrected chi connectivity index (χ0v) is 15.5. The summed E-state index contributed by atoms with van der Waals surface area (Å²) in [5.74, 6) is -3.74. The summed E-state index contributed by atoms with van der Waals surface area (Å²) >= 11 is 0.615. The van der Waals surface area contributed by atoms with Gasteiger partial charge in [-0.05, 0) is 35.5 Å². The Balaban J connectivity index is 1.65. The number of carbonyl (C=O) groups excluding carboxylic acids is 1. The minimum atomic E-state index is -2.96. The molecule has 1 aliphatic rings. The minimum Gasteiger partial charge on any atom is -0.489 e. The van der Waals surface area contributed by atoms with Crippen LogP contribution < -0.4 is 10.5 Å². The van der Waals surface area contributed by atoms with E-state index in [4.69, 9.17) is 10.5 Å². The number of primary amides is 1. The normalized spacial score (nSPS) is 18.9. The van der Waals surface area contributed by atoms with Crippen LogP contribution in [0.3, 0.4) is 0 Å². The smallest absolute Gasteiger partial charge is 0.278 e. The Morgan fingerprint density at radius 1 is 1.25 bits per heavy atom. The van der Waals surface area contributed by atoms with Crippen molar-refractivity contribution in [2.75, 3.05) is 6.54 Å². The molecule has 0 aromatic heterocycles. The molecule has 0 aliphatic carbocycles. The van der Waals surface area contributed by atoms with Crippen LogP contribution in [0.2, 0.25) is 0 Å². The molecule has 2 N–H and O–H groups in total. The van der Waals surface area contributed by atoms with Crippen LogP contribution in [-0.2, 0) is 13.2 Å². The van der Waals surface area contributed by atoms with Gasteiger partial charge in [0.25, 0.3) is 11.2 Å². The third-order valence-corrected chi connectivity index (χ3v) is 5.23. The first-order valence-corrected chi connectivity index (χ1v) is 9.33. The molecule has 1 unspecified atom stereocenters. The minimum absolute atomic E-state index is 0.0617. The van der Waals surface area contributed by atoms with E-state index in [-0.39, 0.29) is 24.5 Å². The standard InChI is InChI=1S/C19H18F4N2O2S/c20-14-3-1-2-12(6-14)10-27-15-5-4-13(16(21)7-15)9-25-11-19(22,23)8-17(25)28-18(24)26/h1-7,17H,8-11H2,(H2,24,26). The number of nitrogens with zero attached hydrogens (tertiary/aromatic N) is 1. The van der Waals surface area contributed by atoms with Gasteiger partial charge in [0, 0.05) is 24.6 Å². The second-order valence-electron chi connectivity index (χ2n) is 6.53. The third kappa shape index (κ3) is 5.39. The van der Waals surface area contributed by atoms with Crippen LogP contribution in [-0.4, -0.2) is 28.0 Å². The van der Waals surface area contributed by atoms with Gasteiger partial charge in [-0.25, -0.2) is 17.6 Å². The molecule has 2 aromatic carbocycles. The molecule has 28 heavy (non-hydrogen) atoms. The molecule has 0 radical (unpaired) electrons. The van der Waals surface area contributed by atoms with Crippen LogP contribution >= 0.6 is 11.8 Å². The number of hydrogen-bond acceptors (Lipinski definition) is 4. The van der Waals surface area contributed by atoms with Crippen LogP contribution in [0.15, 0.2) is 42.5 Å². The molecule has 150 valence electrons. The molecule has 2 aromatic rings. The second-order valence-corrected chi connectivity index (χ2v) is 7.71. The van der Waals surface area contributed by atoms with E-state index in [1.807, 2.05) is 0 Å². The van der Waals surface area contributed by atoms with Crippen molar-refractivity contribution in [2.24, 2.45) is 5.73 Å². The highest BCUT2D eigenvalue weighted by atomic mass is 32.2. The van der Waals surface area contributed by atoms with Crippen LogP contribution in [0.5, 0.6) is 5.75 Å². The van der Waals surface area contributed by atoms with Crippen molar-refractivity contribution >= 4 is 17.0 Å². The Morgan fingerprint density at radius 3 is 2.71 bits per heavy atom. The van der Waals surface area contributed by atoms with Crippen LogP contribution in [0.4, 0.5) is 22.4 Å². The summed E-state index contributed by atoms with van der Waals surface area (Å²) in [5.41, 5.74) is 5.89. The van der Waals surface area contributed by atoms with Gasteiger partial charge in [0.15, 0.2) is 0 Å². The molecule has 0 bridgehead atoms. The Morgan fingerprint density at radius 2 is 2.04 bits per heavy atom. The molecule has 1 fully saturated rings. The van der Waals surface area contributed by atoms with Gasteiger partial charge < -0.3 is 10.5 Å². The number of amides is 1. The van der Waals surface area contributed by atoms with Crippen molar-refractivity contribution in [3.05, 3.63) is 65.2 Å². The summed E-state index contributed by atoms with van der Waals surface area (Å²) in [5, 5.41) is -1.56. The summed E-state index contributed by atoms with van der Waals surface area (Å²) in [4.78, 5) is 12.4. The molecule has 1 saturated heterocycles. The molecule has 0 spiro atoms. The SMILES string of the molecule is NC(=O)SC1CC(F)(F)CN1Cc1ccc(OCc2cccc(F)c2)cc1F. The lowest BCUT2D eigenvalue weighted by Crippen LogP contribution is -2.30. The molecule has 4 nitrogen and oxygen atoms in total. The number of hydrogen-bond donors (Lipinski definition) is 1. The van der Waals surface area contributed by atoms with Gasteiger partial charge in [0.05, 0.1) is 11.9 Å². The van der Waals surface area contributed by atoms with E-state index in [1.54, 1.807) is 12.1 Å². The highest BCUT2D eigenvalue weighted by Crippen LogP contribution is 2.38. The lowest BCUT2D eigenvalue weighted by atomic mass is 10.2. The number of rotatable bonds is 6. The number of halogens is 4. The summed E-state index contributed by atoms with van der Waals surface area (Å²) in [6, 6.07) is 9.96. The number of carbonyl (C=O) groups is 1. The lowest BCUT2D eigenvalue weighted by Gasteiger charge is -2.22. The first-order valence-electron chi connectivity index (χ1n) is 8.45. The van der Waals surface area contributed by atoms with Gasteiger partial charge in [-0.2, -0.15) is 0 Å². The molecular weight excluding hydrogens is 396 g/mol. The maximum Gasteiger partial charge on any atom is 0.278 e. The van der Waals surface area contributed by atoms with E-state index >= 15 is 0 Å². The number of alkyl halides is 2. The Kier molecular flexibility index (Phi) is 6.14. The van der Waals surface area contributed by atoms with Gasteiger partial charge in [-0.15, -0.1) is 0 Å². The predicted octanol–water partition coefficient (Wildman–Crippen LogP) is 4.52. The fraction of sp³-hybridized carbons (Fsp3) is 0.316. The predicted molar refractivity (Wildman–Crippen MR) is 98.1 cm³/mol. The number of ether oxygens (including phenoxy) is 1. The van der Waals surface area contributed by atoms with Crippen molar-refractivity contribution in [1.29, 1.82) is 0 Å². The zero-order valence-electron chi connectivity index (χ0n) is 14.7. The quantitative estimate of drug-likeness (QED) is 0.706. The molecule has 9 heteroatoms.